The van der Waals surface area contributed by atoms with Crippen molar-refractivity contribution >= 4 is 39.5 Å². The first kappa shape index (κ1) is 25.0. The molecule has 3 aromatic rings. The molecule has 1 N–H and O–H groups in total. The summed E-state index contributed by atoms with van der Waals surface area (Å²) in [6.07, 6.45) is 0.420. The Hall–Kier alpha value is -2.64. The van der Waals surface area contributed by atoms with Crippen molar-refractivity contribution < 1.29 is 14.0 Å². The number of benzene rings is 3. The fourth-order valence-corrected chi connectivity index (χ4v) is 4.79. The molecule has 7 heteroatoms. The SMILES string of the molecule is CNC(=O)C(Cc1ccccc1)N(Cc1cccc(Br)c1)C(=O)CSCc1ccc(F)cc1. The Kier molecular flexibility index (Phi) is 9.51. The molecule has 4 nitrogen and oxygen atoms in total. The smallest absolute Gasteiger partial charge is 0.242 e. The first-order valence-electron chi connectivity index (χ1n) is 10.6. The van der Waals surface area contributed by atoms with Gasteiger partial charge in [-0.05, 0) is 41.0 Å². The number of likely N-dealkylation sites (N-methyl/N-ethyl adjacent to an activating group) is 1. The molecule has 0 aliphatic heterocycles. The number of amides is 2. The van der Waals surface area contributed by atoms with E-state index in [9.17, 15) is 14.0 Å². The summed E-state index contributed by atoms with van der Waals surface area (Å²) in [5.74, 6) is 0.194. The molecule has 0 heterocycles. The molecule has 1 atom stereocenters. The molecule has 3 aromatic carbocycles. The van der Waals surface area contributed by atoms with Crippen molar-refractivity contribution in [2.75, 3.05) is 12.8 Å². The third-order valence-electron chi connectivity index (χ3n) is 5.17. The highest BCUT2D eigenvalue weighted by molar-refractivity contribution is 9.10. The van der Waals surface area contributed by atoms with Crippen LogP contribution in [0.1, 0.15) is 16.7 Å². The maximum atomic E-state index is 13.4. The maximum Gasteiger partial charge on any atom is 0.242 e. The third-order valence-corrected chi connectivity index (χ3v) is 6.65. The predicted molar refractivity (Wildman–Crippen MR) is 135 cm³/mol. The molecular formula is C26H26BrFN2O2S. The van der Waals surface area contributed by atoms with E-state index in [0.717, 1.165) is 21.2 Å². The number of hydrogen-bond donors (Lipinski definition) is 1. The number of carbonyl (C=O) groups is 2. The van der Waals surface area contributed by atoms with Crippen molar-refractivity contribution in [1.29, 1.82) is 0 Å². The highest BCUT2D eigenvalue weighted by atomic mass is 79.9. The molecule has 33 heavy (non-hydrogen) atoms. The molecule has 0 aliphatic carbocycles. The Morgan fingerprint density at radius 2 is 1.67 bits per heavy atom. The molecule has 0 spiro atoms. The monoisotopic (exact) mass is 528 g/mol. The average molecular weight is 529 g/mol. The number of rotatable bonds is 10. The van der Waals surface area contributed by atoms with E-state index in [1.54, 1.807) is 24.1 Å². The lowest BCUT2D eigenvalue weighted by atomic mass is 10.0. The maximum absolute atomic E-state index is 13.4. The van der Waals surface area contributed by atoms with E-state index >= 15 is 0 Å². The highest BCUT2D eigenvalue weighted by Gasteiger charge is 2.29. The Morgan fingerprint density at radius 1 is 0.970 bits per heavy atom. The van der Waals surface area contributed by atoms with Gasteiger partial charge in [0.1, 0.15) is 11.9 Å². The molecule has 0 aromatic heterocycles. The van der Waals surface area contributed by atoms with Crippen LogP contribution in [0.5, 0.6) is 0 Å². The van der Waals surface area contributed by atoms with Crippen molar-refractivity contribution in [2.45, 2.75) is 24.8 Å². The van der Waals surface area contributed by atoms with Gasteiger partial charge < -0.3 is 10.2 Å². The van der Waals surface area contributed by atoms with E-state index in [-0.39, 0.29) is 23.4 Å². The zero-order valence-corrected chi connectivity index (χ0v) is 20.7. The van der Waals surface area contributed by atoms with Crippen LogP contribution >= 0.6 is 27.7 Å². The molecule has 0 bridgehead atoms. The van der Waals surface area contributed by atoms with Gasteiger partial charge in [0.25, 0.3) is 0 Å². The Bertz CT molecular complexity index is 1060. The minimum atomic E-state index is -0.643. The second-order valence-corrected chi connectivity index (χ2v) is 9.49. The van der Waals surface area contributed by atoms with E-state index in [1.165, 1.54) is 23.9 Å². The second kappa shape index (κ2) is 12.6. The zero-order chi connectivity index (χ0) is 23.6. The first-order chi connectivity index (χ1) is 16.0. The first-order valence-corrected chi connectivity index (χ1v) is 12.5. The second-order valence-electron chi connectivity index (χ2n) is 7.59. The largest absolute Gasteiger partial charge is 0.357 e. The number of carbonyl (C=O) groups excluding carboxylic acids is 2. The summed E-state index contributed by atoms with van der Waals surface area (Å²) < 4.78 is 14.1. The van der Waals surface area contributed by atoms with Crippen LogP contribution in [0.3, 0.4) is 0 Å². The quantitative estimate of drug-likeness (QED) is 0.393. The molecule has 0 radical (unpaired) electrons. The third kappa shape index (κ3) is 7.72. The molecule has 0 aliphatic rings. The van der Waals surface area contributed by atoms with Crippen LogP contribution in [-0.4, -0.2) is 35.6 Å². The molecule has 2 amide bonds. The number of nitrogens with one attached hydrogen (secondary N) is 1. The summed E-state index contributed by atoms with van der Waals surface area (Å²) in [4.78, 5) is 27.9. The Morgan fingerprint density at radius 3 is 2.33 bits per heavy atom. The molecule has 0 saturated carbocycles. The van der Waals surface area contributed by atoms with Crippen LogP contribution in [0, 0.1) is 5.82 Å². The van der Waals surface area contributed by atoms with Gasteiger partial charge in [-0.1, -0.05) is 70.5 Å². The van der Waals surface area contributed by atoms with E-state index in [0.29, 0.717) is 18.7 Å². The minimum Gasteiger partial charge on any atom is -0.357 e. The van der Waals surface area contributed by atoms with Gasteiger partial charge in [-0.15, -0.1) is 11.8 Å². The molecule has 1 unspecified atom stereocenters. The van der Waals surface area contributed by atoms with Crippen LogP contribution in [0.15, 0.2) is 83.3 Å². The predicted octanol–water partition coefficient (Wildman–Crippen LogP) is 5.21. The Labute approximate surface area is 206 Å². The summed E-state index contributed by atoms with van der Waals surface area (Å²) in [5.41, 5.74) is 2.86. The van der Waals surface area contributed by atoms with Crippen LogP contribution in [0.4, 0.5) is 4.39 Å². The molecular weight excluding hydrogens is 503 g/mol. The van der Waals surface area contributed by atoms with Crippen molar-refractivity contribution in [3.8, 4) is 0 Å². The van der Waals surface area contributed by atoms with Gasteiger partial charge >= 0.3 is 0 Å². The van der Waals surface area contributed by atoms with Crippen molar-refractivity contribution in [2.24, 2.45) is 0 Å². The van der Waals surface area contributed by atoms with Gasteiger partial charge in [0.15, 0.2) is 0 Å². The van der Waals surface area contributed by atoms with E-state index < -0.39 is 6.04 Å². The van der Waals surface area contributed by atoms with Crippen molar-refractivity contribution in [1.82, 2.24) is 10.2 Å². The van der Waals surface area contributed by atoms with E-state index in [4.69, 9.17) is 0 Å². The molecule has 172 valence electrons. The number of hydrogen-bond acceptors (Lipinski definition) is 3. The van der Waals surface area contributed by atoms with Crippen LogP contribution < -0.4 is 5.32 Å². The molecule has 3 rings (SSSR count). The van der Waals surface area contributed by atoms with Crippen LogP contribution in [0.25, 0.3) is 0 Å². The fourth-order valence-electron chi connectivity index (χ4n) is 3.47. The van der Waals surface area contributed by atoms with Crippen molar-refractivity contribution in [3.63, 3.8) is 0 Å². The van der Waals surface area contributed by atoms with Gasteiger partial charge in [0.2, 0.25) is 11.8 Å². The minimum absolute atomic E-state index is 0.119. The van der Waals surface area contributed by atoms with Gasteiger partial charge in [0.05, 0.1) is 5.75 Å². The van der Waals surface area contributed by atoms with E-state index in [2.05, 4.69) is 21.2 Å². The summed E-state index contributed by atoms with van der Waals surface area (Å²) in [6, 6.07) is 23.1. The summed E-state index contributed by atoms with van der Waals surface area (Å²) in [6.45, 7) is 0.320. The standard InChI is InChI=1S/C26H26BrFN2O2S/c1-29-26(32)24(15-19-6-3-2-4-7-19)30(16-21-8-5-9-22(27)14-21)25(31)18-33-17-20-10-12-23(28)13-11-20/h2-14,24H,15-18H2,1H3,(H,29,32). The Balaban J connectivity index is 1.80. The van der Waals surface area contributed by atoms with Gasteiger partial charge in [-0.3, -0.25) is 9.59 Å². The molecule has 0 saturated heterocycles. The number of nitrogens with zero attached hydrogens (tertiary/aromatic N) is 1. The normalized spacial score (nSPS) is 11.6. The number of thioether (sulfide) groups is 1. The topological polar surface area (TPSA) is 49.4 Å². The van der Waals surface area contributed by atoms with Crippen LogP contribution in [-0.2, 0) is 28.3 Å². The van der Waals surface area contributed by atoms with E-state index in [1.807, 2.05) is 54.6 Å². The fraction of sp³-hybridized carbons (Fsp3) is 0.231. The molecule has 0 fully saturated rings. The number of halogens is 2. The zero-order valence-electron chi connectivity index (χ0n) is 18.3. The summed E-state index contributed by atoms with van der Waals surface area (Å²) >= 11 is 4.93. The summed E-state index contributed by atoms with van der Waals surface area (Å²) in [5, 5.41) is 2.72. The van der Waals surface area contributed by atoms with Gasteiger partial charge in [0, 0.05) is 30.2 Å². The lowest BCUT2D eigenvalue weighted by Crippen LogP contribution is -2.50. The van der Waals surface area contributed by atoms with Gasteiger partial charge in [-0.25, -0.2) is 4.39 Å². The van der Waals surface area contributed by atoms with Crippen molar-refractivity contribution in [3.05, 3.63) is 106 Å². The summed E-state index contributed by atoms with van der Waals surface area (Å²) in [7, 11) is 1.59. The lowest BCUT2D eigenvalue weighted by Gasteiger charge is -2.31. The lowest BCUT2D eigenvalue weighted by molar-refractivity contribution is -0.139. The van der Waals surface area contributed by atoms with Gasteiger partial charge in [-0.2, -0.15) is 0 Å². The van der Waals surface area contributed by atoms with Crippen LogP contribution in [0.2, 0.25) is 0 Å². The highest BCUT2D eigenvalue weighted by Crippen LogP contribution is 2.20. The average Bonchev–Trinajstić information content (AvgIpc) is 2.82.